The van der Waals surface area contributed by atoms with Gasteiger partial charge in [0.05, 0.1) is 13.7 Å². The van der Waals surface area contributed by atoms with Gasteiger partial charge in [-0.15, -0.1) is 0 Å². The molecule has 2 rings (SSSR count). The lowest BCUT2D eigenvalue weighted by atomic mass is 9.97. The van der Waals surface area contributed by atoms with E-state index in [-0.39, 0.29) is 18.2 Å². The Morgan fingerprint density at radius 3 is 2.76 bits per heavy atom. The van der Waals surface area contributed by atoms with Crippen LogP contribution in [-0.2, 0) is 16.1 Å². The summed E-state index contributed by atoms with van der Waals surface area (Å²) in [5.41, 5.74) is 0.984. The molecule has 0 radical (unpaired) electrons. The third-order valence-electron chi connectivity index (χ3n) is 4.79. The number of hydrogen-bond donors (Lipinski definition) is 1. The van der Waals surface area contributed by atoms with Crippen molar-refractivity contribution in [1.29, 1.82) is 0 Å². The summed E-state index contributed by atoms with van der Waals surface area (Å²) < 4.78 is 5.34. The van der Waals surface area contributed by atoms with Crippen LogP contribution in [0, 0.1) is 5.92 Å². The van der Waals surface area contributed by atoms with E-state index in [0.29, 0.717) is 13.1 Å². The summed E-state index contributed by atoms with van der Waals surface area (Å²) in [5.74, 6) is 0.353. The number of likely N-dealkylation sites (N-methyl/N-ethyl adjacent to an activating group) is 1. The first-order chi connectivity index (χ1) is 12.0. The number of ether oxygens (including phenoxy) is 1. The summed E-state index contributed by atoms with van der Waals surface area (Å²) in [6.07, 6.45) is 2.95. The van der Waals surface area contributed by atoms with E-state index in [1.165, 1.54) is 0 Å². The summed E-state index contributed by atoms with van der Waals surface area (Å²) in [7, 11) is 3.44. The molecule has 0 unspecified atom stereocenters. The molecule has 1 saturated heterocycles. The highest BCUT2D eigenvalue weighted by atomic mass is 16.5. The Labute approximate surface area is 149 Å². The number of carboxylic acids is 1. The Balaban J connectivity index is 1.85. The van der Waals surface area contributed by atoms with Crippen LogP contribution in [0.4, 0.5) is 0 Å². The van der Waals surface area contributed by atoms with Gasteiger partial charge < -0.3 is 14.7 Å². The minimum Gasteiger partial charge on any atom is -0.496 e. The lowest BCUT2D eigenvalue weighted by molar-refractivity contribution is -0.138. The molecular weight excluding hydrogens is 320 g/mol. The number of carbonyl (C=O) groups excluding carboxylic acids is 1. The zero-order chi connectivity index (χ0) is 18.2. The van der Waals surface area contributed by atoms with Gasteiger partial charge in [-0.1, -0.05) is 18.2 Å². The summed E-state index contributed by atoms with van der Waals surface area (Å²) in [6.45, 7) is 2.53. The normalized spacial score (nSPS) is 18.4. The Hall–Kier alpha value is -2.08. The average Bonchev–Trinajstić information content (AvgIpc) is 2.80. The van der Waals surface area contributed by atoms with Gasteiger partial charge in [-0.3, -0.25) is 14.5 Å². The van der Waals surface area contributed by atoms with E-state index in [2.05, 4.69) is 4.90 Å². The predicted molar refractivity (Wildman–Crippen MR) is 95.5 cm³/mol. The number of rotatable bonds is 7. The number of likely N-dealkylation sites (tertiary alicyclic amines) is 1. The number of methoxy groups -OCH3 is 1. The van der Waals surface area contributed by atoms with Gasteiger partial charge in [0.15, 0.2) is 0 Å². The Bertz CT molecular complexity index is 591. The second kappa shape index (κ2) is 9.42. The number of benzene rings is 1. The predicted octanol–water partition coefficient (Wildman–Crippen LogP) is 2.23. The van der Waals surface area contributed by atoms with E-state index in [1.54, 1.807) is 19.1 Å². The first kappa shape index (κ1) is 19.2. The van der Waals surface area contributed by atoms with Crippen molar-refractivity contribution in [3.8, 4) is 5.75 Å². The van der Waals surface area contributed by atoms with Crippen molar-refractivity contribution in [2.24, 2.45) is 5.92 Å². The second-order valence-corrected chi connectivity index (χ2v) is 6.73. The zero-order valence-electron chi connectivity index (χ0n) is 15.1. The molecule has 1 amide bonds. The molecule has 138 valence electrons. The lowest BCUT2D eigenvalue weighted by Crippen LogP contribution is -2.38. The van der Waals surface area contributed by atoms with Gasteiger partial charge in [-0.05, 0) is 44.3 Å². The third kappa shape index (κ3) is 6.05. The van der Waals surface area contributed by atoms with Crippen molar-refractivity contribution in [3.63, 3.8) is 0 Å². The van der Waals surface area contributed by atoms with E-state index in [0.717, 1.165) is 43.7 Å². The van der Waals surface area contributed by atoms with Crippen molar-refractivity contribution < 1.29 is 19.4 Å². The van der Waals surface area contributed by atoms with Gasteiger partial charge in [0, 0.05) is 25.6 Å². The smallest absolute Gasteiger partial charge is 0.303 e. The maximum Gasteiger partial charge on any atom is 0.303 e. The molecule has 1 N–H and O–H groups in total. The quantitative estimate of drug-likeness (QED) is 0.818. The molecule has 1 aromatic carbocycles. The summed E-state index contributed by atoms with van der Waals surface area (Å²) >= 11 is 0. The fourth-order valence-electron chi connectivity index (χ4n) is 3.32. The molecule has 25 heavy (non-hydrogen) atoms. The SMILES string of the molecule is COc1ccccc1CN(C)C(=O)CN1CCC[C@H](CC(=O)O)CC1. The molecule has 0 bridgehead atoms. The lowest BCUT2D eigenvalue weighted by Gasteiger charge is -2.24. The topological polar surface area (TPSA) is 70.1 Å². The molecule has 0 aliphatic carbocycles. The standard InChI is InChI=1S/C19H28N2O4/c1-20(13-16-7-3-4-8-17(16)25-2)18(22)14-21-10-5-6-15(9-11-21)12-19(23)24/h3-4,7-8,15H,5-6,9-14H2,1-2H3,(H,23,24)/t15-/m0/s1. The molecular formula is C19H28N2O4. The molecule has 0 saturated carbocycles. The monoisotopic (exact) mass is 348 g/mol. The van der Waals surface area contributed by atoms with Crippen LogP contribution >= 0.6 is 0 Å². The van der Waals surface area contributed by atoms with E-state index in [9.17, 15) is 9.59 Å². The van der Waals surface area contributed by atoms with Gasteiger partial charge in [0.2, 0.25) is 5.91 Å². The first-order valence-corrected chi connectivity index (χ1v) is 8.79. The van der Waals surface area contributed by atoms with Crippen molar-refractivity contribution in [3.05, 3.63) is 29.8 Å². The molecule has 1 atom stereocenters. The average molecular weight is 348 g/mol. The Morgan fingerprint density at radius 1 is 1.28 bits per heavy atom. The van der Waals surface area contributed by atoms with Gasteiger partial charge in [-0.2, -0.15) is 0 Å². The maximum atomic E-state index is 12.5. The Kier molecular flexibility index (Phi) is 7.25. The fraction of sp³-hybridized carbons (Fsp3) is 0.579. The number of carboxylic acid groups (broad SMARTS) is 1. The van der Waals surface area contributed by atoms with Crippen LogP contribution in [0.1, 0.15) is 31.2 Å². The largest absolute Gasteiger partial charge is 0.496 e. The highest BCUT2D eigenvalue weighted by Crippen LogP contribution is 2.21. The molecule has 0 aromatic heterocycles. The van der Waals surface area contributed by atoms with Crippen LogP contribution in [0.5, 0.6) is 5.75 Å². The van der Waals surface area contributed by atoms with Crippen molar-refractivity contribution >= 4 is 11.9 Å². The first-order valence-electron chi connectivity index (χ1n) is 8.79. The highest BCUT2D eigenvalue weighted by Gasteiger charge is 2.22. The van der Waals surface area contributed by atoms with Crippen molar-refractivity contribution in [2.75, 3.05) is 33.8 Å². The van der Waals surface area contributed by atoms with E-state index in [1.807, 2.05) is 24.3 Å². The number of hydrogen-bond acceptors (Lipinski definition) is 4. The number of carbonyl (C=O) groups is 2. The van der Waals surface area contributed by atoms with Gasteiger partial charge >= 0.3 is 5.97 Å². The molecule has 1 aliphatic rings. The van der Waals surface area contributed by atoms with E-state index < -0.39 is 5.97 Å². The van der Waals surface area contributed by atoms with Crippen LogP contribution < -0.4 is 4.74 Å². The number of aliphatic carboxylic acids is 1. The number of amides is 1. The minimum absolute atomic E-state index is 0.0718. The maximum absolute atomic E-state index is 12.5. The van der Waals surface area contributed by atoms with E-state index in [4.69, 9.17) is 9.84 Å². The van der Waals surface area contributed by atoms with Crippen LogP contribution in [0.3, 0.4) is 0 Å². The second-order valence-electron chi connectivity index (χ2n) is 6.73. The number of para-hydroxylation sites is 1. The van der Waals surface area contributed by atoms with Gasteiger partial charge in [-0.25, -0.2) is 0 Å². The molecule has 1 fully saturated rings. The summed E-state index contributed by atoms with van der Waals surface area (Å²) in [5, 5.41) is 8.94. The van der Waals surface area contributed by atoms with Crippen molar-refractivity contribution in [2.45, 2.75) is 32.2 Å². The molecule has 6 heteroatoms. The van der Waals surface area contributed by atoms with E-state index >= 15 is 0 Å². The number of nitrogens with zero attached hydrogens (tertiary/aromatic N) is 2. The van der Waals surface area contributed by atoms with Gasteiger partial charge in [0.1, 0.15) is 5.75 Å². The molecule has 1 heterocycles. The molecule has 6 nitrogen and oxygen atoms in total. The third-order valence-corrected chi connectivity index (χ3v) is 4.79. The molecule has 1 aliphatic heterocycles. The van der Waals surface area contributed by atoms with Crippen LogP contribution in [0.15, 0.2) is 24.3 Å². The minimum atomic E-state index is -0.730. The van der Waals surface area contributed by atoms with Crippen LogP contribution in [0.25, 0.3) is 0 Å². The Morgan fingerprint density at radius 2 is 2.04 bits per heavy atom. The highest BCUT2D eigenvalue weighted by molar-refractivity contribution is 5.78. The molecule has 1 aromatic rings. The van der Waals surface area contributed by atoms with Crippen LogP contribution in [0.2, 0.25) is 0 Å². The zero-order valence-corrected chi connectivity index (χ0v) is 15.1. The van der Waals surface area contributed by atoms with Crippen molar-refractivity contribution in [1.82, 2.24) is 9.80 Å². The van der Waals surface area contributed by atoms with Gasteiger partial charge in [0.25, 0.3) is 0 Å². The molecule has 0 spiro atoms. The van der Waals surface area contributed by atoms with Crippen LogP contribution in [-0.4, -0.2) is 60.6 Å². The summed E-state index contributed by atoms with van der Waals surface area (Å²) in [4.78, 5) is 27.3. The fourth-order valence-corrected chi connectivity index (χ4v) is 3.32. The summed E-state index contributed by atoms with van der Waals surface area (Å²) in [6, 6.07) is 7.71.